The fourth-order valence-corrected chi connectivity index (χ4v) is 0.690. The lowest BCUT2D eigenvalue weighted by atomic mass is 10.1. The van der Waals surface area contributed by atoms with Crippen molar-refractivity contribution < 1.29 is 5.11 Å². The Hall–Kier alpha value is -0.0400. The van der Waals surface area contributed by atoms with Crippen LogP contribution >= 0.6 is 0 Å². The molecule has 0 heterocycles. The maximum atomic E-state index is 8.78. The van der Waals surface area contributed by atoms with Crippen molar-refractivity contribution >= 4 is 0 Å². The zero-order valence-electron chi connectivity index (χ0n) is 9.85. The Morgan fingerprint density at radius 1 is 1.00 bits per heavy atom. The van der Waals surface area contributed by atoms with E-state index in [1.807, 2.05) is 34.6 Å². The van der Waals surface area contributed by atoms with Crippen LogP contribution in [0.1, 0.15) is 67.2 Å². The average molecular weight is 176 g/mol. The van der Waals surface area contributed by atoms with Crippen LogP contribution in [0.5, 0.6) is 0 Å². The molecule has 12 heavy (non-hydrogen) atoms. The van der Waals surface area contributed by atoms with Crippen LogP contribution in [-0.4, -0.2) is 11.2 Å². The minimum atomic E-state index is -0.0958. The third kappa shape index (κ3) is 32.5. The van der Waals surface area contributed by atoms with Gasteiger partial charge in [0.2, 0.25) is 0 Å². The van der Waals surface area contributed by atoms with Crippen molar-refractivity contribution in [1.82, 2.24) is 0 Å². The molecule has 0 saturated heterocycles. The predicted molar refractivity (Wildman–Crippen MR) is 58.5 cm³/mol. The van der Waals surface area contributed by atoms with Crippen molar-refractivity contribution in [1.29, 1.82) is 0 Å². The van der Waals surface area contributed by atoms with Gasteiger partial charge in [-0.2, -0.15) is 0 Å². The predicted octanol–water partition coefficient (Wildman–Crippen LogP) is 4.00. The van der Waals surface area contributed by atoms with Crippen LogP contribution in [0.15, 0.2) is 0 Å². The largest absolute Gasteiger partial charge is 0.393 e. The van der Waals surface area contributed by atoms with Crippen molar-refractivity contribution in [2.45, 2.75) is 73.3 Å². The maximum Gasteiger partial charge on any atom is 0.0512 e. The maximum absolute atomic E-state index is 8.78. The number of rotatable bonds is 4. The SMILES string of the molecule is CC.CC.CCCCCC(C)O. The molecule has 0 aromatic rings. The molecule has 0 bridgehead atoms. The summed E-state index contributed by atoms with van der Waals surface area (Å²) < 4.78 is 0. The van der Waals surface area contributed by atoms with E-state index in [9.17, 15) is 0 Å². The van der Waals surface area contributed by atoms with E-state index in [1.54, 1.807) is 0 Å². The van der Waals surface area contributed by atoms with Gasteiger partial charge in [-0.3, -0.25) is 0 Å². The molecular formula is C11H28O. The molecule has 0 fully saturated rings. The lowest BCUT2D eigenvalue weighted by Crippen LogP contribution is -1.97. The van der Waals surface area contributed by atoms with Gasteiger partial charge in [0.25, 0.3) is 0 Å². The Bertz CT molecular complexity index is 42.3. The van der Waals surface area contributed by atoms with Crippen LogP contribution in [-0.2, 0) is 0 Å². The van der Waals surface area contributed by atoms with Gasteiger partial charge in [0.05, 0.1) is 6.10 Å². The van der Waals surface area contributed by atoms with Gasteiger partial charge < -0.3 is 5.11 Å². The quantitative estimate of drug-likeness (QED) is 0.642. The van der Waals surface area contributed by atoms with Crippen LogP contribution in [0.4, 0.5) is 0 Å². The second kappa shape index (κ2) is 22.4. The molecule has 0 aliphatic carbocycles. The Morgan fingerprint density at radius 3 is 1.67 bits per heavy atom. The fraction of sp³-hybridized carbons (Fsp3) is 1.00. The molecule has 0 saturated carbocycles. The van der Waals surface area contributed by atoms with Crippen molar-refractivity contribution in [2.24, 2.45) is 0 Å². The second-order valence-corrected chi connectivity index (χ2v) is 2.34. The molecule has 0 aromatic heterocycles. The molecule has 0 aliphatic rings. The lowest BCUT2D eigenvalue weighted by molar-refractivity contribution is 0.180. The molecule has 0 rings (SSSR count). The number of hydrogen-bond donors (Lipinski definition) is 1. The number of aliphatic hydroxyl groups excluding tert-OH is 1. The monoisotopic (exact) mass is 176 g/mol. The molecule has 0 aliphatic heterocycles. The summed E-state index contributed by atoms with van der Waals surface area (Å²) in [6.07, 6.45) is 4.54. The highest BCUT2D eigenvalue weighted by atomic mass is 16.3. The van der Waals surface area contributed by atoms with Gasteiger partial charge >= 0.3 is 0 Å². The Morgan fingerprint density at radius 2 is 1.42 bits per heavy atom. The van der Waals surface area contributed by atoms with E-state index < -0.39 is 0 Å². The minimum Gasteiger partial charge on any atom is -0.393 e. The van der Waals surface area contributed by atoms with Gasteiger partial charge in [0.1, 0.15) is 0 Å². The van der Waals surface area contributed by atoms with Crippen LogP contribution < -0.4 is 0 Å². The van der Waals surface area contributed by atoms with Crippen molar-refractivity contribution in [3.63, 3.8) is 0 Å². The normalized spacial score (nSPS) is 10.2. The molecular weight excluding hydrogens is 148 g/mol. The van der Waals surface area contributed by atoms with Gasteiger partial charge in [-0.25, -0.2) is 0 Å². The molecule has 1 N–H and O–H groups in total. The summed E-state index contributed by atoms with van der Waals surface area (Å²) in [5.74, 6) is 0. The van der Waals surface area contributed by atoms with E-state index in [4.69, 9.17) is 5.11 Å². The van der Waals surface area contributed by atoms with E-state index in [0.717, 1.165) is 6.42 Å². The summed E-state index contributed by atoms with van der Waals surface area (Å²) >= 11 is 0. The van der Waals surface area contributed by atoms with Gasteiger partial charge in [0, 0.05) is 0 Å². The zero-order valence-corrected chi connectivity index (χ0v) is 9.85. The Balaban J connectivity index is -0.000000175. The van der Waals surface area contributed by atoms with E-state index in [0.29, 0.717) is 0 Å². The number of unbranched alkanes of at least 4 members (excludes halogenated alkanes) is 2. The van der Waals surface area contributed by atoms with Crippen LogP contribution in [0.2, 0.25) is 0 Å². The van der Waals surface area contributed by atoms with Gasteiger partial charge in [0.15, 0.2) is 0 Å². The molecule has 1 nitrogen and oxygen atoms in total. The molecule has 1 atom stereocenters. The first-order valence-corrected chi connectivity index (χ1v) is 5.45. The fourth-order valence-electron chi connectivity index (χ4n) is 0.690. The zero-order chi connectivity index (χ0) is 10.4. The molecule has 78 valence electrons. The third-order valence-electron chi connectivity index (χ3n) is 1.23. The highest BCUT2D eigenvalue weighted by Gasteiger charge is 1.92. The molecule has 1 heteroatoms. The summed E-state index contributed by atoms with van der Waals surface area (Å²) in [6.45, 7) is 12.0. The van der Waals surface area contributed by atoms with E-state index in [-0.39, 0.29) is 6.10 Å². The second-order valence-electron chi connectivity index (χ2n) is 2.34. The number of aliphatic hydroxyl groups is 1. The molecule has 0 aromatic carbocycles. The van der Waals surface area contributed by atoms with E-state index in [1.165, 1.54) is 19.3 Å². The Kier molecular flexibility index (Phi) is 33.5. The van der Waals surface area contributed by atoms with Crippen molar-refractivity contribution in [2.75, 3.05) is 0 Å². The first-order chi connectivity index (χ1) is 5.77. The van der Waals surface area contributed by atoms with Crippen molar-refractivity contribution in [3.8, 4) is 0 Å². The first kappa shape index (κ1) is 17.9. The summed E-state index contributed by atoms with van der Waals surface area (Å²) in [7, 11) is 0. The summed E-state index contributed by atoms with van der Waals surface area (Å²) in [4.78, 5) is 0. The molecule has 0 spiro atoms. The smallest absolute Gasteiger partial charge is 0.0512 e. The molecule has 0 amide bonds. The minimum absolute atomic E-state index is 0.0958. The molecule has 0 radical (unpaired) electrons. The van der Waals surface area contributed by atoms with Crippen LogP contribution in [0.3, 0.4) is 0 Å². The van der Waals surface area contributed by atoms with Gasteiger partial charge in [-0.15, -0.1) is 0 Å². The van der Waals surface area contributed by atoms with Crippen molar-refractivity contribution in [3.05, 3.63) is 0 Å². The summed E-state index contributed by atoms with van der Waals surface area (Å²) in [6, 6.07) is 0. The lowest BCUT2D eigenvalue weighted by Gasteiger charge is -2.00. The van der Waals surface area contributed by atoms with Crippen LogP contribution in [0.25, 0.3) is 0 Å². The van der Waals surface area contributed by atoms with E-state index in [2.05, 4.69) is 6.92 Å². The summed E-state index contributed by atoms with van der Waals surface area (Å²) in [5, 5.41) is 8.78. The Labute approximate surface area is 79.2 Å². The van der Waals surface area contributed by atoms with E-state index >= 15 is 0 Å². The topological polar surface area (TPSA) is 20.2 Å². The summed E-state index contributed by atoms with van der Waals surface area (Å²) in [5.41, 5.74) is 0. The number of hydrogen-bond acceptors (Lipinski definition) is 1. The average Bonchev–Trinajstić information content (AvgIpc) is 2.12. The highest BCUT2D eigenvalue weighted by molar-refractivity contribution is 4.45. The standard InChI is InChI=1S/C7H16O.2C2H6/c1-3-4-5-6-7(2)8;2*1-2/h7-8H,3-6H2,1-2H3;2*1-2H3. The highest BCUT2D eigenvalue weighted by Crippen LogP contribution is 2.01. The van der Waals surface area contributed by atoms with Crippen LogP contribution in [0, 0.1) is 0 Å². The molecule has 1 unspecified atom stereocenters. The first-order valence-electron chi connectivity index (χ1n) is 5.45. The third-order valence-corrected chi connectivity index (χ3v) is 1.23. The van der Waals surface area contributed by atoms with Gasteiger partial charge in [-0.1, -0.05) is 53.9 Å². The van der Waals surface area contributed by atoms with Gasteiger partial charge in [-0.05, 0) is 13.3 Å².